The van der Waals surface area contributed by atoms with Crippen LogP contribution in [0.4, 0.5) is 4.39 Å². The smallest absolute Gasteiger partial charge is 0.248 e. The summed E-state index contributed by atoms with van der Waals surface area (Å²) in [5.74, 6) is -0.460. The van der Waals surface area contributed by atoms with E-state index in [1.54, 1.807) is 0 Å². The molecule has 2 N–H and O–H groups in total. The number of nitrogens with two attached hydrogens (primary N) is 1. The Labute approximate surface area is 117 Å². The summed E-state index contributed by atoms with van der Waals surface area (Å²) in [6, 6.07) is 11.8. The Morgan fingerprint density at radius 3 is 2.45 bits per heavy atom. The number of amides is 1. The molecule has 2 rings (SSSR count). The van der Waals surface area contributed by atoms with Crippen LogP contribution in [0.5, 0.6) is 5.75 Å². The standard InChI is InChI=1S/C16H16FNO2/c1-2-11-3-7-14(8-4-11)20-10-13-6-5-12(16(18)19)9-15(13)17/h3-9H,2,10H2,1H3,(H2,18,19). The van der Waals surface area contributed by atoms with Gasteiger partial charge in [0.2, 0.25) is 5.91 Å². The first-order valence-electron chi connectivity index (χ1n) is 6.40. The van der Waals surface area contributed by atoms with Crippen LogP contribution >= 0.6 is 0 Å². The third kappa shape index (κ3) is 3.35. The van der Waals surface area contributed by atoms with E-state index in [0.717, 1.165) is 12.5 Å². The summed E-state index contributed by atoms with van der Waals surface area (Å²) in [4.78, 5) is 10.9. The summed E-state index contributed by atoms with van der Waals surface area (Å²) < 4.78 is 19.3. The minimum absolute atomic E-state index is 0.107. The fraction of sp³-hybridized carbons (Fsp3) is 0.188. The second kappa shape index (κ2) is 6.19. The number of ether oxygens (including phenoxy) is 1. The topological polar surface area (TPSA) is 52.3 Å². The Morgan fingerprint density at radius 2 is 1.90 bits per heavy atom. The first-order chi connectivity index (χ1) is 9.60. The van der Waals surface area contributed by atoms with Gasteiger partial charge >= 0.3 is 0 Å². The number of aryl methyl sites for hydroxylation is 1. The molecule has 0 radical (unpaired) electrons. The lowest BCUT2D eigenvalue weighted by Crippen LogP contribution is -2.11. The molecule has 0 atom stereocenters. The van der Waals surface area contributed by atoms with Gasteiger partial charge in [0.05, 0.1) is 0 Å². The van der Waals surface area contributed by atoms with Crippen molar-refractivity contribution in [1.29, 1.82) is 0 Å². The van der Waals surface area contributed by atoms with Crippen LogP contribution in [0.1, 0.15) is 28.4 Å². The maximum atomic E-state index is 13.7. The fourth-order valence-electron chi connectivity index (χ4n) is 1.80. The predicted molar refractivity (Wildman–Crippen MR) is 75.1 cm³/mol. The number of carbonyl (C=O) groups is 1. The van der Waals surface area contributed by atoms with Crippen molar-refractivity contribution < 1.29 is 13.9 Å². The average Bonchev–Trinajstić information content (AvgIpc) is 2.46. The van der Waals surface area contributed by atoms with Gasteiger partial charge in [-0.15, -0.1) is 0 Å². The van der Waals surface area contributed by atoms with Crippen molar-refractivity contribution in [1.82, 2.24) is 0 Å². The van der Waals surface area contributed by atoms with Gasteiger partial charge < -0.3 is 10.5 Å². The molecule has 2 aromatic rings. The molecule has 0 aliphatic heterocycles. The van der Waals surface area contributed by atoms with Gasteiger partial charge in [0.15, 0.2) is 0 Å². The van der Waals surface area contributed by atoms with Crippen molar-refractivity contribution in [2.45, 2.75) is 20.0 Å². The minimum Gasteiger partial charge on any atom is -0.489 e. The van der Waals surface area contributed by atoms with Gasteiger partial charge in [-0.1, -0.05) is 25.1 Å². The molecule has 3 nitrogen and oxygen atoms in total. The van der Waals surface area contributed by atoms with Crippen molar-refractivity contribution in [2.24, 2.45) is 5.73 Å². The zero-order chi connectivity index (χ0) is 14.5. The molecule has 0 aliphatic carbocycles. The molecule has 1 amide bonds. The average molecular weight is 273 g/mol. The first kappa shape index (κ1) is 14.1. The molecular weight excluding hydrogens is 257 g/mol. The van der Waals surface area contributed by atoms with Crippen LogP contribution in [-0.4, -0.2) is 5.91 Å². The Bertz CT molecular complexity index is 608. The lowest BCUT2D eigenvalue weighted by Gasteiger charge is -2.08. The summed E-state index contributed by atoms with van der Waals surface area (Å²) in [6.07, 6.45) is 0.962. The van der Waals surface area contributed by atoms with Gasteiger partial charge in [0, 0.05) is 11.1 Å². The highest BCUT2D eigenvalue weighted by Gasteiger charge is 2.07. The van der Waals surface area contributed by atoms with E-state index in [4.69, 9.17) is 10.5 Å². The van der Waals surface area contributed by atoms with Crippen molar-refractivity contribution in [3.05, 3.63) is 65.0 Å². The lowest BCUT2D eigenvalue weighted by molar-refractivity contribution is 0.0999. The molecule has 0 unspecified atom stereocenters. The fourth-order valence-corrected chi connectivity index (χ4v) is 1.80. The number of carbonyl (C=O) groups excluding carboxylic acids is 1. The van der Waals surface area contributed by atoms with Gasteiger partial charge in [-0.3, -0.25) is 4.79 Å². The van der Waals surface area contributed by atoms with Crippen LogP contribution in [0.25, 0.3) is 0 Å². The maximum Gasteiger partial charge on any atom is 0.248 e. The molecule has 0 aliphatic rings. The molecule has 0 aromatic heterocycles. The Balaban J connectivity index is 2.04. The van der Waals surface area contributed by atoms with Crippen LogP contribution in [0.3, 0.4) is 0 Å². The molecule has 0 saturated carbocycles. The number of primary amides is 1. The van der Waals surface area contributed by atoms with Crippen molar-refractivity contribution >= 4 is 5.91 Å². The Hall–Kier alpha value is -2.36. The summed E-state index contributed by atoms with van der Waals surface area (Å²) in [5, 5.41) is 0. The lowest BCUT2D eigenvalue weighted by atomic mass is 10.1. The third-order valence-electron chi connectivity index (χ3n) is 3.06. The Morgan fingerprint density at radius 1 is 1.20 bits per heavy atom. The van der Waals surface area contributed by atoms with E-state index in [0.29, 0.717) is 11.3 Å². The number of hydrogen-bond donors (Lipinski definition) is 1. The highest BCUT2D eigenvalue weighted by Crippen LogP contribution is 2.16. The minimum atomic E-state index is -0.647. The SMILES string of the molecule is CCc1ccc(OCc2ccc(C(N)=O)cc2F)cc1. The van der Waals surface area contributed by atoms with E-state index in [1.807, 2.05) is 24.3 Å². The molecule has 0 spiro atoms. The third-order valence-corrected chi connectivity index (χ3v) is 3.06. The quantitative estimate of drug-likeness (QED) is 0.910. The van der Waals surface area contributed by atoms with Crippen LogP contribution in [0.2, 0.25) is 0 Å². The van der Waals surface area contributed by atoms with Gasteiger partial charge in [-0.25, -0.2) is 4.39 Å². The number of rotatable bonds is 5. The number of halogens is 1. The summed E-state index contributed by atoms with van der Waals surface area (Å²) in [6.45, 7) is 2.18. The van der Waals surface area contributed by atoms with Crippen molar-refractivity contribution in [3.8, 4) is 5.75 Å². The maximum absolute atomic E-state index is 13.7. The summed E-state index contributed by atoms with van der Waals surface area (Å²) in [5.41, 5.74) is 6.84. The molecule has 104 valence electrons. The van der Waals surface area contributed by atoms with Gasteiger partial charge in [0.1, 0.15) is 18.2 Å². The highest BCUT2D eigenvalue weighted by molar-refractivity contribution is 5.92. The molecule has 0 bridgehead atoms. The molecule has 0 saturated heterocycles. The highest BCUT2D eigenvalue weighted by atomic mass is 19.1. The molecular formula is C16H16FNO2. The molecule has 0 heterocycles. The van der Waals surface area contributed by atoms with E-state index in [2.05, 4.69) is 6.92 Å². The molecule has 0 fully saturated rings. The predicted octanol–water partition coefficient (Wildman–Crippen LogP) is 3.07. The van der Waals surface area contributed by atoms with Crippen molar-refractivity contribution in [2.75, 3.05) is 0 Å². The zero-order valence-corrected chi connectivity index (χ0v) is 11.2. The molecule has 20 heavy (non-hydrogen) atoms. The Kier molecular flexibility index (Phi) is 4.35. The van der Waals surface area contributed by atoms with E-state index < -0.39 is 11.7 Å². The van der Waals surface area contributed by atoms with Gasteiger partial charge in [-0.05, 0) is 36.2 Å². The van der Waals surface area contributed by atoms with E-state index in [-0.39, 0.29) is 12.2 Å². The van der Waals surface area contributed by atoms with Crippen molar-refractivity contribution in [3.63, 3.8) is 0 Å². The monoisotopic (exact) mass is 273 g/mol. The largest absolute Gasteiger partial charge is 0.489 e. The van der Waals surface area contributed by atoms with Crippen LogP contribution in [0.15, 0.2) is 42.5 Å². The zero-order valence-electron chi connectivity index (χ0n) is 11.2. The summed E-state index contributed by atoms with van der Waals surface area (Å²) >= 11 is 0. The van der Waals surface area contributed by atoms with Crippen LogP contribution < -0.4 is 10.5 Å². The second-order valence-corrected chi connectivity index (χ2v) is 4.46. The first-order valence-corrected chi connectivity index (χ1v) is 6.40. The van der Waals surface area contributed by atoms with Crippen LogP contribution in [0, 0.1) is 5.82 Å². The normalized spacial score (nSPS) is 10.3. The van der Waals surface area contributed by atoms with Gasteiger partial charge in [0.25, 0.3) is 0 Å². The molecule has 4 heteroatoms. The van der Waals surface area contributed by atoms with Crippen LogP contribution in [-0.2, 0) is 13.0 Å². The second-order valence-electron chi connectivity index (χ2n) is 4.46. The van der Waals surface area contributed by atoms with Gasteiger partial charge in [-0.2, -0.15) is 0 Å². The van der Waals surface area contributed by atoms with E-state index in [1.165, 1.54) is 17.7 Å². The summed E-state index contributed by atoms with van der Waals surface area (Å²) in [7, 11) is 0. The molecule has 2 aromatic carbocycles. The van der Waals surface area contributed by atoms with E-state index >= 15 is 0 Å². The number of benzene rings is 2. The van der Waals surface area contributed by atoms with E-state index in [9.17, 15) is 9.18 Å². The number of hydrogen-bond acceptors (Lipinski definition) is 2.